The van der Waals surface area contributed by atoms with Crippen molar-refractivity contribution >= 4 is 9.84 Å². The molecule has 3 rings (SSSR count). The quantitative estimate of drug-likeness (QED) is 0.808. The Morgan fingerprint density at radius 3 is 2.18 bits per heavy atom. The van der Waals surface area contributed by atoms with Crippen LogP contribution in [0.15, 0.2) is 29.2 Å². The summed E-state index contributed by atoms with van der Waals surface area (Å²) in [5, 5.41) is -0.0843. The summed E-state index contributed by atoms with van der Waals surface area (Å²) in [6.07, 6.45) is 4.56. The van der Waals surface area contributed by atoms with Crippen molar-refractivity contribution in [3.05, 3.63) is 29.8 Å². The van der Waals surface area contributed by atoms with E-state index in [9.17, 15) is 8.42 Å². The lowest BCUT2D eigenvalue weighted by Crippen LogP contribution is -2.50. The fourth-order valence-corrected chi connectivity index (χ4v) is 5.78. The van der Waals surface area contributed by atoms with E-state index in [4.69, 9.17) is 0 Å². The summed E-state index contributed by atoms with van der Waals surface area (Å²) in [5.74, 6) is 0.861. The summed E-state index contributed by atoms with van der Waals surface area (Å²) in [5.41, 5.74) is 1.11. The van der Waals surface area contributed by atoms with E-state index >= 15 is 0 Å². The number of hydrogen-bond acceptors (Lipinski definition) is 2. The van der Waals surface area contributed by atoms with Gasteiger partial charge in [0.05, 0.1) is 10.1 Å². The van der Waals surface area contributed by atoms with Gasteiger partial charge >= 0.3 is 0 Å². The van der Waals surface area contributed by atoms with Crippen molar-refractivity contribution in [2.24, 2.45) is 11.8 Å². The molecule has 1 aromatic carbocycles. The van der Waals surface area contributed by atoms with Crippen LogP contribution in [-0.4, -0.2) is 13.7 Å². The smallest absolute Gasteiger partial charge is 0.181 e. The number of hydrogen-bond donors (Lipinski definition) is 0. The Hall–Kier alpha value is -0.830. The zero-order valence-corrected chi connectivity index (χ0v) is 10.9. The average Bonchev–Trinajstić information content (AvgIpc) is 2.29. The van der Waals surface area contributed by atoms with E-state index in [1.807, 2.05) is 19.1 Å². The fourth-order valence-electron chi connectivity index (χ4n) is 3.44. The van der Waals surface area contributed by atoms with Crippen LogP contribution in [0.1, 0.15) is 31.2 Å². The summed E-state index contributed by atoms with van der Waals surface area (Å²) in [6.45, 7) is 1.98. The van der Waals surface area contributed by atoms with Crippen LogP contribution in [0.2, 0.25) is 0 Å². The van der Waals surface area contributed by atoms with E-state index in [0.717, 1.165) is 24.8 Å². The number of fused-ring (bicyclic) bond motifs is 2. The van der Waals surface area contributed by atoms with Gasteiger partial charge in [-0.1, -0.05) is 24.1 Å². The van der Waals surface area contributed by atoms with Crippen molar-refractivity contribution in [1.82, 2.24) is 0 Å². The molecule has 0 radical (unpaired) electrons. The molecule has 2 aliphatic rings. The molecular weight excluding hydrogens is 232 g/mol. The van der Waals surface area contributed by atoms with Crippen molar-refractivity contribution in [1.29, 1.82) is 0 Å². The summed E-state index contributed by atoms with van der Waals surface area (Å²) in [6, 6.07) is 7.31. The summed E-state index contributed by atoms with van der Waals surface area (Å²) < 4.78 is 25.1. The highest BCUT2D eigenvalue weighted by atomic mass is 32.2. The third-order valence-electron chi connectivity index (χ3n) is 4.39. The molecule has 2 bridgehead atoms. The summed E-state index contributed by atoms with van der Waals surface area (Å²) >= 11 is 0. The first-order valence-electron chi connectivity index (χ1n) is 6.39. The van der Waals surface area contributed by atoms with Gasteiger partial charge in [0.2, 0.25) is 0 Å². The molecule has 2 aliphatic carbocycles. The molecule has 1 aromatic rings. The number of benzene rings is 1. The molecule has 2 nitrogen and oxygen atoms in total. The van der Waals surface area contributed by atoms with Gasteiger partial charge in [-0.05, 0) is 50.2 Å². The monoisotopic (exact) mass is 250 g/mol. The maximum absolute atomic E-state index is 12.5. The van der Waals surface area contributed by atoms with Crippen LogP contribution < -0.4 is 0 Å². The predicted octanol–water partition coefficient (Wildman–Crippen LogP) is 2.96. The van der Waals surface area contributed by atoms with Gasteiger partial charge in [-0.15, -0.1) is 0 Å². The van der Waals surface area contributed by atoms with Gasteiger partial charge in [0.1, 0.15) is 0 Å². The second kappa shape index (κ2) is 3.84. The maximum atomic E-state index is 12.5. The van der Waals surface area contributed by atoms with E-state index in [-0.39, 0.29) is 5.25 Å². The lowest BCUT2D eigenvalue weighted by atomic mass is 9.65. The Bertz CT molecular complexity index is 502. The SMILES string of the molecule is Cc1ccc(S(=O)(=O)C2[C@@H]3CCC[C@@H]2C3)cc1. The minimum atomic E-state index is -3.08. The highest BCUT2D eigenvalue weighted by molar-refractivity contribution is 7.92. The van der Waals surface area contributed by atoms with Crippen LogP contribution in [0.25, 0.3) is 0 Å². The van der Waals surface area contributed by atoms with Gasteiger partial charge in [0, 0.05) is 0 Å². The third-order valence-corrected chi connectivity index (χ3v) is 6.81. The molecule has 0 aliphatic heterocycles. The molecule has 92 valence electrons. The highest BCUT2D eigenvalue weighted by Crippen LogP contribution is 2.50. The second-order valence-corrected chi connectivity index (χ2v) is 7.62. The zero-order chi connectivity index (χ0) is 12.0. The predicted molar refractivity (Wildman–Crippen MR) is 67.6 cm³/mol. The van der Waals surface area contributed by atoms with Gasteiger partial charge in [-0.2, -0.15) is 0 Å². The first-order chi connectivity index (χ1) is 8.09. The molecule has 0 aromatic heterocycles. The van der Waals surface area contributed by atoms with Gasteiger partial charge < -0.3 is 0 Å². The molecule has 0 heterocycles. The Balaban J connectivity index is 1.94. The van der Waals surface area contributed by atoms with E-state index in [0.29, 0.717) is 16.7 Å². The summed E-state index contributed by atoms with van der Waals surface area (Å²) in [4.78, 5) is 0.518. The lowest BCUT2D eigenvalue weighted by Gasteiger charge is -2.48. The van der Waals surface area contributed by atoms with E-state index in [2.05, 4.69) is 0 Å². The average molecular weight is 250 g/mol. The Kier molecular flexibility index (Phi) is 2.54. The van der Waals surface area contributed by atoms with Crippen LogP contribution in [-0.2, 0) is 9.84 Å². The largest absolute Gasteiger partial charge is 0.223 e. The maximum Gasteiger partial charge on any atom is 0.181 e. The topological polar surface area (TPSA) is 34.1 Å². The van der Waals surface area contributed by atoms with Crippen molar-refractivity contribution in [3.8, 4) is 0 Å². The molecule has 3 heteroatoms. The fraction of sp³-hybridized carbons (Fsp3) is 0.571. The molecule has 0 amide bonds. The van der Waals surface area contributed by atoms with Gasteiger partial charge in [-0.25, -0.2) is 8.42 Å². The van der Waals surface area contributed by atoms with Crippen molar-refractivity contribution in [2.75, 3.05) is 0 Å². The number of sulfone groups is 1. The zero-order valence-electron chi connectivity index (χ0n) is 10.1. The van der Waals surface area contributed by atoms with Gasteiger partial charge in [0.15, 0.2) is 9.84 Å². The van der Waals surface area contributed by atoms with Gasteiger partial charge in [-0.3, -0.25) is 0 Å². The Labute approximate surface area is 103 Å². The van der Waals surface area contributed by atoms with Crippen molar-refractivity contribution < 1.29 is 8.42 Å². The molecular formula is C14H18O2S. The van der Waals surface area contributed by atoms with Crippen LogP contribution in [0, 0.1) is 18.8 Å². The Morgan fingerprint density at radius 1 is 1.06 bits per heavy atom. The van der Waals surface area contributed by atoms with Crippen LogP contribution in [0.4, 0.5) is 0 Å². The number of rotatable bonds is 2. The van der Waals surface area contributed by atoms with Crippen LogP contribution in [0.5, 0.6) is 0 Å². The molecule has 0 unspecified atom stereocenters. The van der Waals surface area contributed by atoms with Crippen LogP contribution >= 0.6 is 0 Å². The number of aryl methyl sites for hydroxylation is 1. The third kappa shape index (κ3) is 1.71. The molecule has 0 saturated heterocycles. The van der Waals surface area contributed by atoms with Crippen molar-refractivity contribution in [2.45, 2.75) is 42.8 Å². The molecule has 0 spiro atoms. The minimum absolute atomic E-state index is 0.0843. The molecule has 0 N–H and O–H groups in total. The Morgan fingerprint density at radius 2 is 1.65 bits per heavy atom. The second-order valence-electron chi connectivity index (χ2n) is 5.51. The first-order valence-corrected chi connectivity index (χ1v) is 7.94. The highest BCUT2D eigenvalue weighted by Gasteiger charge is 2.50. The van der Waals surface area contributed by atoms with Crippen LogP contribution in [0.3, 0.4) is 0 Å². The molecule has 17 heavy (non-hydrogen) atoms. The molecule has 2 saturated carbocycles. The van der Waals surface area contributed by atoms with E-state index < -0.39 is 9.84 Å². The van der Waals surface area contributed by atoms with E-state index in [1.165, 1.54) is 6.42 Å². The standard InChI is InChI=1S/C14H18O2S/c1-10-5-7-13(8-6-10)17(15,16)14-11-3-2-4-12(14)9-11/h5-8,11-12,14H,2-4,9H2,1H3/t11-,12-/m1/s1. The van der Waals surface area contributed by atoms with Crippen molar-refractivity contribution in [3.63, 3.8) is 0 Å². The minimum Gasteiger partial charge on any atom is -0.223 e. The van der Waals surface area contributed by atoms with E-state index in [1.54, 1.807) is 12.1 Å². The normalized spacial score (nSPS) is 31.9. The van der Waals surface area contributed by atoms with Gasteiger partial charge in [0.25, 0.3) is 0 Å². The molecule has 2 atom stereocenters. The molecule has 2 fully saturated rings. The summed E-state index contributed by atoms with van der Waals surface area (Å²) in [7, 11) is -3.08. The first kappa shape index (κ1) is 11.3. The lowest BCUT2D eigenvalue weighted by molar-refractivity contribution is 0.121.